The smallest absolute Gasteiger partial charge is 0.159 e. The maximum atomic E-state index is 7.00. The summed E-state index contributed by atoms with van der Waals surface area (Å²) in [5, 5.41) is 20.3. The van der Waals surface area contributed by atoms with Gasteiger partial charge in [-0.2, -0.15) is 0 Å². The Morgan fingerprint density at radius 3 is 1.72 bits per heavy atom. The lowest BCUT2D eigenvalue weighted by Gasteiger charge is -2.25. The Balaban J connectivity index is 1.07. The van der Waals surface area contributed by atoms with E-state index in [-0.39, 0.29) is 0 Å². The van der Waals surface area contributed by atoms with Gasteiger partial charge in [0, 0.05) is 27.1 Å². The average molecular weight is 817 g/mol. The third-order valence-electron chi connectivity index (χ3n) is 13.3. The molecular weight excluding hydrogens is 781 g/mol. The van der Waals surface area contributed by atoms with E-state index in [1.54, 1.807) is 0 Å². The number of furan rings is 1. The molecule has 13 aromatic rings. The van der Waals surface area contributed by atoms with E-state index in [0.29, 0.717) is 11.7 Å². The molecule has 3 heterocycles. The first-order valence-electron chi connectivity index (χ1n) is 21.8. The van der Waals surface area contributed by atoms with Crippen molar-refractivity contribution in [2.24, 2.45) is 9.98 Å². The number of aliphatic imine (C=N–C) groups is 2. The van der Waals surface area contributed by atoms with Crippen molar-refractivity contribution in [1.82, 2.24) is 9.88 Å². The maximum absolute atomic E-state index is 7.00. The summed E-state index contributed by atoms with van der Waals surface area (Å²) < 4.78 is 9.43. The van der Waals surface area contributed by atoms with Crippen LogP contribution in [0.3, 0.4) is 0 Å². The van der Waals surface area contributed by atoms with Crippen molar-refractivity contribution in [3.05, 3.63) is 223 Å². The van der Waals surface area contributed by atoms with Crippen molar-refractivity contribution < 1.29 is 4.42 Å². The van der Waals surface area contributed by atoms with Crippen LogP contribution in [0, 0.1) is 0 Å². The molecule has 0 fully saturated rings. The van der Waals surface area contributed by atoms with Gasteiger partial charge in [0.05, 0.1) is 22.3 Å². The van der Waals surface area contributed by atoms with Crippen LogP contribution in [-0.4, -0.2) is 16.2 Å². The number of nitrogens with one attached hydrogen (secondary N) is 1. The van der Waals surface area contributed by atoms with Gasteiger partial charge in [-0.15, -0.1) is 0 Å². The third-order valence-corrected chi connectivity index (χ3v) is 13.3. The minimum absolute atomic E-state index is 0.455. The molecule has 1 unspecified atom stereocenters. The van der Waals surface area contributed by atoms with Gasteiger partial charge in [-0.3, -0.25) is 0 Å². The summed E-state index contributed by atoms with van der Waals surface area (Å²) >= 11 is 0. The van der Waals surface area contributed by atoms with Crippen LogP contribution in [-0.2, 0) is 0 Å². The van der Waals surface area contributed by atoms with Crippen LogP contribution < -0.4 is 5.32 Å². The third kappa shape index (κ3) is 5.31. The highest BCUT2D eigenvalue weighted by Crippen LogP contribution is 2.42. The monoisotopic (exact) mass is 816 g/mol. The van der Waals surface area contributed by atoms with Gasteiger partial charge in [-0.1, -0.05) is 152 Å². The van der Waals surface area contributed by atoms with Crippen molar-refractivity contribution >= 4 is 109 Å². The molecule has 0 aliphatic carbocycles. The minimum atomic E-state index is -0.455. The SMILES string of the molecule is c1ccc2cc(C3=NC(c4ccc5c(ccc6ccccc65)c4)NC(c4c(-n5c6cc7ccccc7cc6c6cc7ccccc7cc65)ccc5c4oc4ccccc45)=N3)ccc2c1. The molecule has 1 N–H and O–H groups in total. The molecule has 298 valence electrons. The van der Waals surface area contributed by atoms with Gasteiger partial charge in [-0.25, -0.2) is 9.98 Å². The first-order valence-corrected chi connectivity index (χ1v) is 21.8. The second kappa shape index (κ2) is 13.5. The number of para-hydroxylation sites is 1. The Hall–Kier alpha value is -8.54. The number of hydrogen-bond acceptors (Lipinski definition) is 4. The molecule has 0 spiro atoms. The number of nitrogens with zero attached hydrogens (tertiary/aromatic N) is 3. The van der Waals surface area contributed by atoms with Crippen LogP contribution in [0.15, 0.2) is 221 Å². The van der Waals surface area contributed by atoms with E-state index in [2.05, 4.69) is 210 Å². The van der Waals surface area contributed by atoms with E-state index in [1.165, 1.54) is 53.9 Å². The molecule has 1 aliphatic heterocycles. The van der Waals surface area contributed by atoms with Crippen LogP contribution in [0.4, 0.5) is 0 Å². The molecule has 5 nitrogen and oxygen atoms in total. The van der Waals surface area contributed by atoms with Crippen molar-refractivity contribution in [1.29, 1.82) is 0 Å². The zero-order valence-corrected chi connectivity index (χ0v) is 34.5. The van der Waals surface area contributed by atoms with Gasteiger partial charge >= 0.3 is 0 Å². The summed E-state index contributed by atoms with van der Waals surface area (Å²) in [6, 6.07) is 74.1. The molecule has 1 aliphatic rings. The molecular formula is C59H36N4O. The molecule has 64 heavy (non-hydrogen) atoms. The molecule has 0 saturated carbocycles. The van der Waals surface area contributed by atoms with E-state index in [1.807, 2.05) is 6.07 Å². The van der Waals surface area contributed by atoms with Gasteiger partial charge in [0.25, 0.3) is 0 Å². The Morgan fingerprint density at radius 2 is 0.984 bits per heavy atom. The summed E-state index contributed by atoms with van der Waals surface area (Å²) in [5.74, 6) is 1.35. The minimum Gasteiger partial charge on any atom is -0.455 e. The zero-order chi connectivity index (χ0) is 41.9. The van der Waals surface area contributed by atoms with Gasteiger partial charge in [-0.05, 0) is 114 Å². The molecule has 0 bridgehead atoms. The molecule has 0 radical (unpaired) electrons. The topological polar surface area (TPSA) is 54.8 Å². The fourth-order valence-electron chi connectivity index (χ4n) is 10.2. The van der Waals surface area contributed by atoms with E-state index in [9.17, 15) is 0 Å². The second-order valence-corrected chi connectivity index (χ2v) is 17.0. The number of hydrogen-bond donors (Lipinski definition) is 1. The quantitative estimate of drug-likeness (QED) is 0.180. The Bertz CT molecular complexity index is 4100. The van der Waals surface area contributed by atoms with E-state index in [4.69, 9.17) is 14.4 Å². The standard InChI is InChI=1S/C59H36N4O/c1-2-13-37-29-43(24-21-35(37)11-1)57-60-58(44-25-26-46-42(30-44)23-22-36-12-7-8-18-45(36)46)62-59(61-57)55-51(28-27-48-47-19-9-10-20-54(47)64-56(48)55)63-52-33-40-16-5-3-14-38(40)31-49(52)50-32-39-15-4-6-17-41(39)34-53(50)63/h1-34,58H,(H,60,61,62). The van der Waals surface area contributed by atoms with E-state index >= 15 is 0 Å². The van der Waals surface area contributed by atoms with Gasteiger partial charge < -0.3 is 14.3 Å². The van der Waals surface area contributed by atoms with E-state index in [0.717, 1.165) is 66.1 Å². The summed E-state index contributed by atoms with van der Waals surface area (Å²) in [5.41, 5.74) is 7.64. The summed E-state index contributed by atoms with van der Waals surface area (Å²) in [6.45, 7) is 0. The first-order chi connectivity index (χ1) is 31.7. The predicted molar refractivity (Wildman–Crippen MR) is 267 cm³/mol. The predicted octanol–water partition coefficient (Wildman–Crippen LogP) is 14.9. The van der Waals surface area contributed by atoms with Crippen molar-refractivity contribution in [3.63, 3.8) is 0 Å². The van der Waals surface area contributed by atoms with Gasteiger partial charge in [0.2, 0.25) is 0 Å². The summed E-state index contributed by atoms with van der Waals surface area (Å²) in [6.07, 6.45) is -0.455. The molecule has 5 heteroatoms. The highest BCUT2D eigenvalue weighted by Gasteiger charge is 2.29. The zero-order valence-electron chi connectivity index (χ0n) is 34.5. The molecule has 1 atom stereocenters. The lowest BCUT2D eigenvalue weighted by atomic mass is 9.98. The molecule has 14 rings (SSSR count). The van der Waals surface area contributed by atoms with Crippen LogP contribution in [0.5, 0.6) is 0 Å². The first kappa shape index (κ1) is 35.1. The number of amidine groups is 2. The Labute approximate surface area is 366 Å². The van der Waals surface area contributed by atoms with Crippen molar-refractivity contribution in [3.8, 4) is 5.69 Å². The lowest BCUT2D eigenvalue weighted by Crippen LogP contribution is -2.34. The number of rotatable bonds is 4. The summed E-state index contributed by atoms with van der Waals surface area (Å²) in [7, 11) is 0. The van der Waals surface area contributed by atoms with Gasteiger partial charge in [0.1, 0.15) is 23.2 Å². The Kier molecular flexibility index (Phi) is 7.39. The van der Waals surface area contributed by atoms with E-state index < -0.39 is 6.17 Å². The van der Waals surface area contributed by atoms with Crippen LogP contribution in [0.1, 0.15) is 22.9 Å². The highest BCUT2D eigenvalue weighted by atomic mass is 16.3. The molecule has 0 saturated heterocycles. The van der Waals surface area contributed by atoms with Crippen LogP contribution in [0.2, 0.25) is 0 Å². The Morgan fingerprint density at radius 1 is 0.422 bits per heavy atom. The van der Waals surface area contributed by atoms with Crippen LogP contribution >= 0.6 is 0 Å². The molecule has 2 aromatic heterocycles. The summed E-state index contributed by atoms with van der Waals surface area (Å²) in [4.78, 5) is 11.0. The number of benzene rings is 11. The fourth-order valence-corrected chi connectivity index (χ4v) is 10.2. The van der Waals surface area contributed by atoms with Crippen molar-refractivity contribution in [2.45, 2.75) is 6.17 Å². The van der Waals surface area contributed by atoms with Crippen molar-refractivity contribution in [2.75, 3.05) is 0 Å². The normalized spacial score (nSPS) is 14.4. The molecule has 11 aromatic carbocycles. The largest absolute Gasteiger partial charge is 0.455 e. The highest BCUT2D eigenvalue weighted by molar-refractivity contribution is 6.23. The lowest BCUT2D eigenvalue weighted by molar-refractivity contribution is 0.659. The maximum Gasteiger partial charge on any atom is 0.159 e. The average Bonchev–Trinajstić information content (AvgIpc) is 3.88. The fraction of sp³-hybridized carbons (Fsp3) is 0.0169. The van der Waals surface area contributed by atoms with Crippen LogP contribution in [0.25, 0.3) is 103 Å². The van der Waals surface area contributed by atoms with Gasteiger partial charge in [0.15, 0.2) is 5.84 Å². The second-order valence-electron chi connectivity index (χ2n) is 17.0. The number of fused-ring (bicyclic) bond motifs is 12. The number of aromatic nitrogens is 1. The molecule has 0 amide bonds.